The SMILES string of the molecule is CC(=O)Nc1cccc(C(=O)Nc2sc(C)cc2C(N)=O)c1. The van der Waals surface area contributed by atoms with Crippen LogP contribution in [0.25, 0.3) is 0 Å². The third-order valence-corrected chi connectivity index (χ3v) is 3.76. The van der Waals surface area contributed by atoms with Gasteiger partial charge in [0.05, 0.1) is 5.56 Å². The highest BCUT2D eigenvalue weighted by molar-refractivity contribution is 7.16. The first-order valence-corrected chi connectivity index (χ1v) is 7.27. The molecule has 0 radical (unpaired) electrons. The number of nitrogens with two attached hydrogens (primary N) is 1. The van der Waals surface area contributed by atoms with E-state index in [2.05, 4.69) is 10.6 Å². The largest absolute Gasteiger partial charge is 0.366 e. The zero-order chi connectivity index (χ0) is 16.3. The average molecular weight is 317 g/mol. The Balaban J connectivity index is 2.22. The van der Waals surface area contributed by atoms with Crippen molar-refractivity contribution in [3.8, 4) is 0 Å². The third kappa shape index (κ3) is 3.70. The summed E-state index contributed by atoms with van der Waals surface area (Å²) in [4.78, 5) is 35.5. The van der Waals surface area contributed by atoms with Crippen LogP contribution in [0.2, 0.25) is 0 Å². The minimum atomic E-state index is -0.591. The maximum absolute atomic E-state index is 12.3. The van der Waals surface area contributed by atoms with Gasteiger partial charge in [0.1, 0.15) is 5.00 Å². The van der Waals surface area contributed by atoms with Gasteiger partial charge in [0.2, 0.25) is 5.91 Å². The molecule has 1 aromatic carbocycles. The lowest BCUT2D eigenvalue weighted by atomic mass is 10.2. The number of nitrogens with one attached hydrogen (secondary N) is 2. The lowest BCUT2D eigenvalue weighted by molar-refractivity contribution is -0.114. The molecule has 6 nitrogen and oxygen atoms in total. The number of thiophene rings is 1. The molecule has 114 valence electrons. The normalized spacial score (nSPS) is 10.1. The van der Waals surface area contributed by atoms with Crippen LogP contribution < -0.4 is 16.4 Å². The zero-order valence-electron chi connectivity index (χ0n) is 12.1. The lowest BCUT2D eigenvalue weighted by Crippen LogP contribution is -2.16. The van der Waals surface area contributed by atoms with Gasteiger partial charge in [-0.15, -0.1) is 11.3 Å². The molecule has 2 rings (SSSR count). The summed E-state index contributed by atoms with van der Waals surface area (Å²) in [6.45, 7) is 3.21. The van der Waals surface area contributed by atoms with Crippen molar-refractivity contribution in [1.29, 1.82) is 0 Å². The van der Waals surface area contributed by atoms with Crippen LogP contribution in [-0.4, -0.2) is 17.7 Å². The van der Waals surface area contributed by atoms with Gasteiger partial charge in [-0.1, -0.05) is 6.07 Å². The molecule has 3 amide bonds. The molecule has 1 heterocycles. The third-order valence-electron chi connectivity index (χ3n) is 2.79. The van der Waals surface area contributed by atoms with Crippen LogP contribution in [0.1, 0.15) is 32.5 Å². The van der Waals surface area contributed by atoms with Gasteiger partial charge in [0.15, 0.2) is 0 Å². The molecular weight excluding hydrogens is 302 g/mol. The minimum Gasteiger partial charge on any atom is -0.366 e. The van der Waals surface area contributed by atoms with Gasteiger partial charge in [-0.2, -0.15) is 0 Å². The number of benzene rings is 1. The van der Waals surface area contributed by atoms with Crippen molar-refractivity contribution in [3.05, 3.63) is 46.3 Å². The van der Waals surface area contributed by atoms with Crippen LogP contribution in [0.5, 0.6) is 0 Å². The van der Waals surface area contributed by atoms with E-state index in [-0.39, 0.29) is 17.4 Å². The second-order valence-corrected chi connectivity index (χ2v) is 5.94. The van der Waals surface area contributed by atoms with E-state index < -0.39 is 5.91 Å². The minimum absolute atomic E-state index is 0.220. The summed E-state index contributed by atoms with van der Waals surface area (Å²) in [7, 11) is 0. The van der Waals surface area contributed by atoms with Crippen LogP contribution in [0.3, 0.4) is 0 Å². The number of carbonyl (C=O) groups excluding carboxylic acids is 3. The van der Waals surface area contributed by atoms with Crippen LogP contribution in [-0.2, 0) is 4.79 Å². The monoisotopic (exact) mass is 317 g/mol. The average Bonchev–Trinajstić information content (AvgIpc) is 2.79. The van der Waals surface area contributed by atoms with E-state index in [4.69, 9.17) is 5.73 Å². The van der Waals surface area contributed by atoms with Crippen molar-refractivity contribution in [1.82, 2.24) is 0 Å². The first-order chi connectivity index (χ1) is 10.4. The molecule has 2 aromatic rings. The molecule has 22 heavy (non-hydrogen) atoms. The Morgan fingerprint density at radius 3 is 2.50 bits per heavy atom. The highest BCUT2D eigenvalue weighted by Gasteiger charge is 2.15. The molecule has 0 bridgehead atoms. The maximum atomic E-state index is 12.3. The summed E-state index contributed by atoms with van der Waals surface area (Å²) in [5.74, 6) is -1.19. The highest BCUT2D eigenvalue weighted by Crippen LogP contribution is 2.27. The fraction of sp³-hybridized carbons (Fsp3) is 0.133. The second kappa shape index (κ2) is 6.40. The van der Waals surface area contributed by atoms with Crippen molar-refractivity contribution in [2.24, 2.45) is 5.73 Å². The number of primary amides is 1. The molecule has 0 atom stereocenters. The summed E-state index contributed by atoms with van der Waals surface area (Å²) in [5, 5.41) is 5.70. The first-order valence-electron chi connectivity index (χ1n) is 6.46. The number of anilines is 2. The number of carbonyl (C=O) groups is 3. The second-order valence-electron chi connectivity index (χ2n) is 4.68. The number of rotatable bonds is 4. The van der Waals surface area contributed by atoms with E-state index in [9.17, 15) is 14.4 Å². The molecule has 0 spiro atoms. The van der Waals surface area contributed by atoms with E-state index >= 15 is 0 Å². The fourth-order valence-electron chi connectivity index (χ4n) is 1.91. The standard InChI is InChI=1S/C15H15N3O3S/c1-8-6-12(13(16)20)15(22-8)18-14(21)10-4-3-5-11(7-10)17-9(2)19/h3-7H,1-2H3,(H2,16,20)(H,17,19)(H,18,21). The number of hydrogen-bond acceptors (Lipinski definition) is 4. The van der Waals surface area contributed by atoms with E-state index in [0.717, 1.165) is 4.88 Å². The maximum Gasteiger partial charge on any atom is 0.256 e. The van der Waals surface area contributed by atoms with E-state index in [1.165, 1.54) is 18.3 Å². The first kappa shape index (κ1) is 15.7. The Labute approximate surface area is 131 Å². The van der Waals surface area contributed by atoms with Crippen LogP contribution >= 0.6 is 11.3 Å². The summed E-state index contributed by atoms with van der Waals surface area (Å²) >= 11 is 1.28. The Morgan fingerprint density at radius 1 is 1.14 bits per heavy atom. The van der Waals surface area contributed by atoms with Crippen molar-refractivity contribution in [2.75, 3.05) is 10.6 Å². The number of amides is 3. The van der Waals surface area contributed by atoms with Gasteiger partial charge in [0, 0.05) is 23.1 Å². The van der Waals surface area contributed by atoms with Crippen LogP contribution in [0.15, 0.2) is 30.3 Å². The topological polar surface area (TPSA) is 101 Å². The summed E-state index contributed by atoms with van der Waals surface area (Å²) in [6.07, 6.45) is 0. The fourth-order valence-corrected chi connectivity index (χ4v) is 2.82. The molecule has 0 saturated carbocycles. The Hall–Kier alpha value is -2.67. The quantitative estimate of drug-likeness (QED) is 0.806. The van der Waals surface area contributed by atoms with Crippen molar-refractivity contribution in [2.45, 2.75) is 13.8 Å². The van der Waals surface area contributed by atoms with Gasteiger partial charge in [-0.3, -0.25) is 14.4 Å². The molecule has 0 unspecified atom stereocenters. The molecule has 0 aliphatic rings. The number of hydrogen-bond donors (Lipinski definition) is 3. The molecule has 0 saturated heterocycles. The summed E-state index contributed by atoms with van der Waals surface area (Å²) < 4.78 is 0. The predicted molar refractivity (Wildman–Crippen MR) is 86.3 cm³/mol. The van der Waals surface area contributed by atoms with Crippen molar-refractivity contribution < 1.29 is 14.4 Å². The lowest BCUT2D eigenvalue weighted by Gasteiger charge is -2.07. The molecule has 1 aromatic heterocycles. The highest BCUT2D eigenvalue weighted by atomic mass is 32.1. The zero-order valence-corrected chi connectivity index (χ0v) is 12.9. The van der Waals surface area contributed by atoms with E-state index in [1.54, 1.807) is 30.3 Å². The van der Waals surface area contributed by atoms with E-state index in [1.807, 2.05) is 6.92 Å². The Morgan fingerprint density at radius 2 is 1.86 bits per heavy atom. The van der Waals surface area contributed by atoms with Crippen LogP contribution in [0.4, 0.5) is 10.7 Å². The smallest absolute Gasteiger partial charge is 0.256 e. The Kier molecular flexibility index (Phi) is 4.57. The van der Waals surface area contributed by atoms with Gasteiger partial charge in [-0.25, -0.2) is 0 Å². The molecule has 7 heteroatoms. The number of aryl methyl sites for hydroxylation is 1. The van der Waals surface area contributed by atoms with E-state index in [0.29, 0.717) is 16.3 Å². The summed E-state index contributed by atoms with van der Waals surface area (Å²) in [6, 6.07) is 8.15. The summed E-state index contributed by atoms with van der Waals surface area (Å²) in [5.41, 5.74) is 6.47. The molecule has 0 aliphatic heterocycles. The molecule has 4 N–H and O–H groups in total. The predicted octanol–water partition coefficient (Wildman–Crippen LogP) is 2.37. The van der Waals surface area contributed by atoms with Gasteiger partial charge in [0.25, 0.3) is 11.8 Å². The van der Waals surface area contributed by atoms with Gasteiger partial charge < -0.3 is 16.4 Å². The van der Waals surface area contributed by atoms with Gasteiger partial charge in [-0.05, 0) is 31.2 Å². The van der Waals surface area contributed by atoms with Gasteiger partial charge >= 0.3 is 0 Å². The van der Waals surface area contributed by atoms with Crippen molar-refractivity contribution in [3.63, 3.8) is 0 Å². The Bertz CT molecular complexity index is 752. The van der Waals surface area contributed by atoms with Crippen molar-refractivity contribution >= 4 is 39.7 Å². The van der Waals surface area contributed by atoms with Crippen LogP contribution in [0, 0.1) is 6.92 Å². The molecule has 0 fully saturated rings. The molecule has 0 aliphatic carbocycles. The molecular formula is C15H15N3O3S.